The van der Waals surface area contributed by atoms with Crippen LogP contribution in [0.1, 0.15) is 56.9 Å². The molecule has 1 atom stereocenters. The van der Waals surface area contributed by atoms with E-state index in [2.05, 4.69) is 10.6 Å². The normalized spacial score (nSPS) is 22.8. The van der Waals surface area contributed by atoms with Gasteiger partial charge in [-0.1, -0.05) is 25.3 Å². The molecule has 0 bridgehead atoms. The minimum atomic E-state index is -0.490. The van der Waals surface area contributed by atoms with E-state index in [1.165, 1.54) is 30.2 Å². The molecule has 4 rings (SSSR count). The number of rotatable bonds is 4. The lowest BCUT2D eigenvalue weighted by Crippen LogP contribution is -2.52. The molecule has 2 saturated heterocycles. The first-order valence-corrected chi connectivity index (χ1v) is 11.8. The number of carbonyl (C=O) groups is 3. The zero-order chi connectivity index (χ0) is 22.7. The Morgan fingerprint density at radius 2 is 1.69 bits per heavy atom. The van der Waals surface area contributed by atoms with E-state index in [9.17, 15) is 18.8 Å². The Kier molecular flexibility index (Phi) is 6.96. The molecule has 1 aliphatic carbocycles. The van der Waals surface area contributed by atoms with Crippen molar-refractivity contribution in [3.05, 3.63) is 29.6 Å². The van der Waals surface area contributed by atoms with Crippen LogP contribution in [-0.2, 0) is 9.59 Å². The van der Waals surface area contributed by atoms with Crippen LogP contribution >= 0.6 is 0 Å². The number of benzene rings is 1. The summed E-state index contributed by atoms with van der Waals surface area (Å²) >= 11 is 0. The number of anilines is 1. The summed E-state index contributed by atoms with van der Waals surface area (Å²) in [7, 11) is 0. The van der Waals surface area contributed by atoms with Crippen LogP contribution in [0, 0.1) is 18.7 Å². The number of halogens is 1. The third-order valence-corrected chi connectivity index (χ3v) is 6.95. The van der Waals surface area contributed by atoms with Crippen molar-refractivity contribution >= 4 is 23.5 Å². The van der Waals surface area contributed by atoms with Gasteiger partial charge in [-0.25, -0.2) is 9.18 Å². The summed E-state index contributed by atoms with van der Waals surface area (Å²) in [5.41, 5.74) is 1.01. The van der Waals surface area contributed by atoms with Gasteiger partial charge in [0.2, 0.25) is 11.8 Å². The fourth-order valence-electron chi connectivity index (χ4n) is 5.01. The van der Waals surface area contributed by atoms with E-state index in [1.54, 1.807) is 19.1 Å². The summed E-state index contributed by atoms with van der Waals surface area (Å²) in [6, 6.07) is 5.03. The molecular formula is C24H33FN4O3. The van der Waals surface area contributed by atoms with Crippen LogP contribution in [0.25, 0.3) is 0 Å². The molecule has 1 saturated carbocycles. The molecule has 2 aliphatic heterocycles. The van der Waals surface area contributed by atoms with Crippen molar-refractivity contribution in [2.45, 2.75) is 70.4 Å². The van der Waals surface area contributed by atoms with Gasteiger partial charge >= 0.3 is 6.03 Å². The van der Waals surface area contributed by atoms with Crippen LogP contribution in [0.15, 0.2) is 18.2 Å². The molecule has 4 amide bonds. The highest BCUT2D eigenvalue weighted by Gasteiger charge is 2.37. The van der Waals surface area contributed by atoms with Crippen LogP contribution in [0.5, 0.6) is 0 Å². The fourth-order valence-corrected chi connectivity index (χ4v) is 5.01. The molecule has 1 aromatic rings. The first kappa shape index (κ1) is 22.6. The minimum Gasteiger partial charge on any atom is -0.353 e. The van der Waals surface area contributed by atoms with Gasteiger partial charge in [-0.2, -0.15) is 0 Å². The van der Waals surface area contributed by atoms with Crippen LogP contribution in [0.3, 0.4) is 0 Å². The Hall–Kier alpha value is -2.64. The van der Waals surface area contributed by atoms with Gasteiger partial charge in [0.1, 0.15) is 5.82 Å². The van der Waals surface area contributed by atoms with Crippen molar-refractivity contribution in [3.63, 3.8) is 0 Å². The summed E-state index contributed by atoms with van der Waals surface area (Å²) in [6.45, 7) is 3.19. The number of nitrogens with zero attached hydrogens (tertiary/aromatic N) is 2. The monoisotopic (exact) mass is 444 g/mol. The summed E-state index contributed by atoms with van der Waals surface area (Å²) in [5, 5.41) is 6.20. The lowest BCUT2D eigenvalue weighted by Gasteiger charge is -2.34. The molecule has 3 aliphatic rings. The van der Waals surface area contributed by atoms with Gasteiger partial charge in [-0.15, -0.1) is 0 Å². The van der Waals surface area contributed by atoms with Gasteiger partial charge < -0.3 is 20.4 Å². The van der Waals surface area contributed by atoms with E-state index in [1.807, 2.05) is 4.90 Å². The third kappa shape index (κ3) is 5.22. The quantitative estimate of drug-likeness (QED) is 0.749. The maximum Gasteiger partial charge on any atom is 0.317 e. The average molecular weight is 445 g/mol. The van der Waals surface area contributed by atoms with E-state index in [0.717, 1.165) is 18.4 Å². The van der Waals surface area contributed by atoms with Gasteiger partial charge in [-0.05, 0) is 50.3 Å². The average Bonchev–Trinajstić information content (AvgIpc) is 3.16. The second-order valence-electron chi connectivity index (χ2n) is 9.41. The van der Waals surface area contributed by atoms with Crippen LogP contribution in [0.2, 0.25) is 0 Å². The topological polar surface area (TPSA) is 81.8 Å². The molecular weight excluding hydrogens is 411 g/mol. The molecule has 1 aromatic carbocycles. The number of carbonyl (C=O) groups excluding carboxylic acids is 3. The van der Waals surface area contributed by atoms with E-state index in [-0.39, 0.29) is 48.6 Å². The molecule has 1 unspecified atom stereocenters. The van der Waals surface area contributed by atoms with Crippen molar-refractivity contribution in [2.75, 3.05) is 24.5 Å². The third-order valence-electron chi connectivity index (χ3n) is 6.95. The second-order valence-corrected chi connectivity index (χ2v) is 9.41. The van der Waals surface area contributed by atoms with E-state index >= 15 is 0 Å². The number of nitrogens with one attached hydrogen (secondary N) is 2. The van der Waals surface area contributed by atoms with Crippen molar-refractivity contribution in [3.8, 4) is 0 Å². The number of likely N-dealkylation sites (tertiary alicyclic amines) is 1. The molecule has 32 heavy (non-hydrogen) atoms. The molecule has 0 spiro atoms. The van der Waals surface area contributed by atoms with Crippen molar-refractivity contribution in [1.82, 2.24) is 15.5 Å². The van der Waals surface area contributed by atoms with Gasteiger partial charge in [0.05, 0.1) is 11.6 Å². The SMILES string of the molecule is Cc1ccc(N2CC(C(=O)NC3CCN(C(=O)NC4CCCCC4)CC3)CC2=O)c(F)c1. The Bertz CT molecular complexity index is 863. The molecule has 0 aromatic heterocycles. The predicted octanol–water partition coefficient (Wildman–Crippen LogP) is 3.11. The molecule has 0 radical (unpaired) electrons. The Balaban J connectivity index is 1.24. The molecule has 2 N–H and O–H groups in total. The molecule has 2 heterocycles. The molecule has 174 valence electrons. The number of hydrogen-bond donors (Lipinski definition) is 2. The number of hydrogen-bond acceptors (Lipinski definition) is 3. The van der Waals surface area contributed by atoms with Gasteiger partial charge in [0.25, 0.3) is 0 Å². The predicted molar refractivity (Wildman–Crippen MR) is 120 cm³/mol. The van der Waals surface area contributed by atoms with Crippen molar-refractivity contribution in [2.24, 2.45) is 5.92 Å². The highest BCUT2D eigenvalue weighted by molar-refractivity contribution is 6.00. The standard InChI is InChI=1S/C24H33FN4O3/c1-16-7-8-21(20(25)13-16)29-15-17(14-22(29)30)23(31)26-19-9-11-28(12-10-19)24(32)27-18-5-3-2-4-6-18/h7-8,13,17-19H,2-6,9-12,14-15H2,1H3,(H,26,31)(H,27,32). The number of piperidine rings is 1. The molecule has 3 fully saturated rings. The van der Waals surface area contributed by atoms with Crippen LogP contribution in [0.4, 0.5) is 14.9 Å². The number of amides is 4. The lowest BCUT2D eigenvalue weighted by atomic mass is 9.95. The summed E-state index contributed by atoms with van der Waals surface area (Å²) in [6.07, 6.45) is 7.20. The highest BCUT2D eigenvalue weighted by Crippen LogP contribution is 2.28. The van der Waals surface area contributed by atoms with E-state index < -0.39 is 11.7 Å². The largest absolute Gasteiger partial charge is 0.353 e. The molecule has 7 nitrogen and oxygen atoms in total. The van der Waals surface area contributed by atoms with Gasteiger partial charge in [0, 0.05) is 38.1 Å². The summed E-state index contributed by atoms with van der Waals surface area (Å²) in [4.78, 5) is 40.9. The first-order valence-electron chi connectivity index (χ1n) is 11.8. The number of urea groups is 1. The Labute approximate surface area is 188 Å². The summed E-state index contributed by atoms with van der Waals surface area (Å²) in [5.74, 6) is -1.34. The Morgan fingerprint density at radius 3 is 2.38 bits per heavy atom. The zero-order valence-electron chi connectivity index (χ0n) is 18.7. The highest BCUT2D eigenvalue weighted by atomic mass is 19.1. The van der Waals surface area contributed by atoms with E-state index in [4.69, 9.17) is 0 Å². The molecule has 8 heteroatoms. The lowest BCUT2D eigenvalue weighted by molar-refractivity contribution is -0.127. The maximum atomic E-state index is 14.3. The van der Waals surface area contributed by atoms with Crippen LogP contribution in [-0.4, -0.2) is 54.5 Å². The second kappa shape index (κ2) is 9.88. The van der Waals surface area contributed by atoms with E-state index in [0.29, 0.717) is 25.9 Å². The maximum absolute atomic E-state index is 14.3. The Morgan fingerprint density at radius 1 is 1.00 bits per heavy atom. The smallest absolute Gasteiger partial charge is 0.317 e. The summed E-state index contributed by atoms with van der Waals surface area (Å²) < 4.78 is 14.3. The first-order chi connectivity index (χ1) is 15.4. The van der Waals surface area contributed by atoms with Crippen LogP contribution < -0.4 is 15.5 Å². The minimum absolute atomic E-state index is 0.00108. The number of aryl methyl sites for hydroxylation is 1. The fraction of sp³-hybridized carbons (Fsp3) is 0.625. The van der Waals surface area contributed by atoms with Gasteiger partial charge in [-0.3, -0.25) is 9.59 Å². The van der Waals surface area contributed by atoms with Crippen molar-refractivity contribution in [1.29, 1.82) is 0 Å². The zero-order valence-corrected chi connectivity index (χ0v) is 18.7. The van der Waals surface area contributed by atoms with Crippen molar-refractivity contribution < 1.29 is 18.8 Å². The van der Waals surface area contributed by atoms with Gasteiger partial charge in [0.15, 0.2) is 0 Å².